The second kappa shape index (κ2) is 5.94. The smallest absolute Gasteiger partial charge is 0.271 e. The van der Waals surface area contributed by atoms with E-state index in [0.717, 1.165) is 6.54 Å². The zero-order valence-corrected chi connectivity index (χ0v) is 11.8. The molecule has 100 valence electrons. The molecule has 0 fully saturated rings. The molecular formula is C12H12BrN3O3. The van der Waals surface area contributed by atoms with Crippen LogP contribution in [0.5, 0.6) is 0 Å². The average Bonchev–Trinajstić information content (AvgIpc) is 2.84. The number of hydrogen-bond donors (Lipinski definition) is 1. The highest BCUT2D eigenvalue weighted by atomic mass is 79.9. The Morgan fingerprint density at radius 1 is 1.47 bits per heavy atom. The van der Waals surface area contributed by atoms with E-state index >= 15 is 0 Å². The predicted molar refractivity (Wildman–Crippen MR) is 73.9 cm³/mol. The summed E-state index contributed by atoms with van der Waals surface area (Å²) < 4.78 is 6.20. The molecule has 0 aliphatic carbocycles. The molecule has 1 aromatic carbocycles. The Morgan fingerprint density at radius 2 is 2.26 bits per heavy atom. The number of nitro groups is 1. The van der Waals surface area contributed by atoms with Crippen molar-refractivity contribution >= 4 is 21.6 Å². The summed E-state index contributed by atoms with van der Waals surface area (Å²) >= 11 is 3.25. The first-order valence-electron chi connectivity index (χ1n) is 5.65. The molecule has 0 amide bonds. The van der Waals surface area contributed by atoms with Crippen LogP contribution < -0.4 is 5.32 Å². The third kappa shape index (κ3) is 3.39. The van der Waals surface area contributed by atoms with Gasteiger partial charge in [0.25, 0.3) is 5.69 Å². The van der Waals surface area contributed by atoms with Gasteiger partial charge in [0.15, 0.2) is 11.7 Å². The number of nitrogens with one attached hydrogen (secondary N) is 1. The van der Waals surface area contributed by atoms with Gasteiger partial charge in [-0.25, -0.2) is 4.98 Å². The van der Waals surface area contributed by atoms with Crippen molar-refractivity contribution in [3.8, 4) is 11.3 Å². The molecule has 0 saturated heterocycles. The van der Waals surface area contributed by atoms with Crippen molar-refractivity contribution in [3.63, 3.8) is 0 Å². The minimum absolute atomic E-state index is 0.0116. The monoisotopic (exact) mass is 325 g/mol. The van der Waals surface area contributed by atoms with Gasteiger partial charge in [0.1, 0.15) is 0 Å². The number of nitrogens with zero attached hydrogens (tertiary/aromatic N) is 2. The molecule has 0 bridgehead atoms. The number of aromatic nitrogens is 1. The molecule has 2 aromatic rings. The summed E-state index contributed by atoms with van der Waals surface area (Å²) in [6.07, 6.45) is 2.25. The summed E-state index contributed by atoms with van der Waals surface area (Å²) in [5, 5.41) is 13.8. The zero-order valence-electron chi connectivity index (χ0n) is 10.2. The molecular weight excluding hydrogens is 314 g/mol. The number of nitro benzene ring substituents is 1. The summed E-state index contributed by atoms with van der Waals surface area (Å²) in [7, 11) is 1.85. The Bertz CT molecular complexity index is 598. The Labute approximate surface area is 118 Å². The van der Waals surface area contributed by atoms with Gasteiger partial charge in [-0.2, -0.15) is 0 Å². The lowest BCUT2D eigenvalue weighted by molar-refractivity contribution is -0.384. The molecule has 1 heterocycles. The highest BCUT2D eigenvalue weighted by molar-refractivity contribution is 9.10. The van der Waals surface area contributed by atoms with Crippen LogP contribution in [0.2, 0.25) is 0 Å². The Balaban J connectivity index is 2.30. The maximum absolute atomic E-state index is 10.8. The molecule has 2 rings (SSSR count). The topological polar surface area (TPSA) is 81.2 Å². The van der Waals surface area contributed by atoms with Crippen LogP contribution in [0.3, 0.4) is 0 Å². The van der Waals surface area contributed by atoms with Gasteiger partial charge in [0.2, 0.25) is 0 Å². The van der Waals surface area contributed by atoms with Gasteiger partial charge in [-0.1, -0.05) is 15.9 Å². The van der Waals surface area contributed by atoms with Crippen LogP contribution in [-0.2, 0) is 6.42 Å². The van der Waals surface area contributed by atoms with Crippen molar-refractivity contribution in [3.05, 3.63) is 44.9 Å². The van der Waals surface area contributed by atoms with E-state index in [0.29, 0.717) is 28.1 Å². The molecule has 0 spiro atoms. The quantitative estimate of drug-likeness (QED) is 0.675. The molecule has 0 saturated carbocycles. The van der Waals surface area contributed by atoms with Crippen molar-refractivity contribution in [2.45, 2.75) is 6.42 Å². The van der Waals surface area contributed by atoms with Gasteiger partial charge in [-0.05, 0) is 13.1 Å². The van der Waals surface area contributed by atoms with Crippen LogP contribution in [-0.4, -0.2) is 23.5 Å². The molecule has 0 radical (unpaired) electrons. The fourth-order valence-corrected chi connectivity index (χ4v) is 2.09. The molecule has 0 unspecified atom stereocenters. The van der Waals surface area contributed by atoms with Crippen molar-refractivity contribution in [1.29, 1.82) is 0 Å². The van der Waals surface area contributed by atoms with E-state index in [2.05, 4.69) is 26.2 Å². The van der Waals surface area contributed by atoms with Crippen LogP contribution in [0.1, 0.15) is 5.89 Å². The number of oxazole rings is 1. The second-order valence-electron chi connectivity index (χ2n) is 3.93. The number of hydrogen-bond acceptors (Lipinski definition) is 5. The summed E-state index contributed by atoms with van der Waals surface area (Å²) in [6.45, 7) is 0.762. The van der Waals surface area contributed by atoms with Gasteiger partial charge in [-0.3, -0.25) is 10.1 Å². The van der Waals surface area contributed by atoms with E-state index in [1.807, 2.05) is 7.05 Å². The van der Waals surface area contributed by atoms with Crippen LogP contribution in [0, 0.1) is 10.1 Å². The van der Waals surface area contributed by atoms with E-state index in [1.54, 1.807) is 12.3 Å². The van der Waals surface area contributed by atoms with Crippen LogP contribution in [0.25, 0.3) is 11.3 Å². The summed E-state index contributed by atoms with van der Waals surface area (Å²) in [6, 6.07) is 4.67. The van der Waals surface area contributed by atoms with Gasteiger partial charge in [0.05, 0.1) is 11.1 Å². The SMILES string of the molecule is CNCCc1ncc(-c2cc(Br)cc([N+](=O)[O-])c2)o1. The first-order chi connectivity index (χ1) is 9.10. The van der Waals surface area contributed by atoms with Gasteiger partial charge in [0, 0.05) is 35.1 Å². The molecule has 7 heteroatoms. The van der Waals surface area contributed by atoms with Crippen LogP contribution >= 0.6 is 15.9 Å². The molecule has 6 nitrogen and oxygen atoms in total. The largest absolute Gasteiger partial charge is 0.441 e. The first-order valence-corrected chi connectivity index (χ1v) is 6.44. The Kier molecular flexibility index (Phi) is 4.28. The zero-order chi connectivity index (χ0) is 13.8. The van der Waals surface area contributed by atoms with Gasteiger partial charge in [-0.15, -0.1) is 0 Å². The third-order valence-electron chi connectivity index (χ3n) is 2.52. The van der Waals surface area contributed by atoms with Crippen LogP contribution in [0.15, 0.2) is 33.3 Å². The van der Waals surface area contributed by atoms with Gasteiger partial charge >= 0.3 is 0 Å². The maximum Gasteiger partial charge on any atom is 0.271 e. The number of halogens is 1. The molecule has 19 heavy (non-hydrogen) atoms. The number of likely N-dealkylation sites (N-methyl/N-ethyl adjacent to an activating group) is 1. The van der Waals surface area contributed by atoms with E-state index in [4.69, 9.17) is 4.42 Å². The van der Waals surface area contributed by atoms with Crippen LogP contribution in [0.4, 0.5) is 5.69 Å². The third-order valence-corrected chi connectivity index (χ3v) is 2.98. The van der Waals surface area contributed by atoms with Crippen molar-refractivity contribution < 1.29 is 9.34 Å². The minimum Gasteiger partial charge on any atom is -0.441 e. The van der Waals surface area contributed by atoms with Crippen molar-refractivity contribution in [2.75, 3.05) is 13.6 Å². The molecule has 0 atom stereocenters. The Morgan fingerprint density at radius 3 is 2.95 bits per heavy atom. The van der Waals surface area contributed by atoms with E-state index in [9.17, 15) is 10.1 Å². The Hall–Kier alpha value is -1.73. The summed E-state index contributed by atoms with van der Waals surface area (Å²) in [5.74, 6) is 1.13. The van der Waals surface area contributed by atoms with Crippen molar-refractivity contribution in [1.82, 2.24) is 10.3 Å². The van der Waals surface area contributed by atoms with E-state index < -0.39 is 4.92 Å². The average molecular weight is 326 g/mol. The fraction of sp³-hybridized carbons (Fsp3) is 0.250. The first kappa shape index (κ1) is 13.7. The standard InChI is InChI=1S/C12H12BrN3O3/c1-14-3-2-12-15-7-11(19-12)8-4-9(13)6-10(5-8)16(17)18/h4-7,14H,2-3H2,1H3. The highest BCUT2D eigenvalue weighted by Gasteiger charge is 2.13. The number of benzene rings is 1. The molecule has 0 aliphatic rings. The number of non-ortho nitro benzene ring substituents is 1. The summed E-state index contributed by atoms with van der Waals surface area (Å²) in [4.78, 5) is 14.5. The predicted octanol–water partition coefficient (Wildman–Crippen LogP) is 2.77. The van der Waals surface area contributed by atoms with Crippen molar-refractivity contribution in [2.24, 2.45) is 0 Å². The maximum atomic E-state index is 10.8. The normalized spacial score (nSPS) is 10.6. The lowest BCUT2D eigenvalue weighted by Gasteiger charge is -1.99. The fourth-order valence-electron chi connectivity index (χ4n) is 1.61. The molecule has 0 aliphatic heterocycles. The summed E-state index contributed by atoms with van der Waals surface area (Å²) in [5.41, 5.74) is 0.641. The van der Waals surface area contributed by atoms with Gasteiger partial charge < -0.3 is 9.73 Å². The highest BCUT2D eigenvalue weighted by Crippen LogP contribution is 2.29. The van der Waals surface area contributed by atoms with E-state index in [1.165, 1.54) is 12.1 Å². The lowest BCUT2D eigenvalue weighted by atomic mass is 10.1. The minimum atomic E-state index is -0.438. The number of rotatable bonds is 5. The van der Waals surface area contributed by atoms with E-state index in [-0.39, 0.29) is 5.69 Å². The molecule has 1 N–H and O–H groups in total. The lowest BCUT2D eigenvalue weighted by Crippen LogP contribution is -2.10. The second-order valence-corrected chi connectivity index (χ2v) is 4.84. The molecule has 1 aromatic heterocycles.